The first kappa shape index (κ1) is 22.4. The van der Waals surface area contributed by atoms with Gasteiger partial charge in [-0.25, -0.2) is 9.78 Å². The maximum atomic E-state index is 13.1. The van der Waals surface area contributed by atoms with Crippen LogP contribution >= 0.6 is 11.3 Å². The molecule has 0 aliphatic carbocycles. The van der Waals surface area contributed by atoms with Gasteiger partial charge in [-0.15, -0.1) is 0 Å². The number of anilines is 1. The maximum absolute atomic E-state index is 13.1. The standard InChI is InChI=1S/C19H16F3N3O5S/c1-2-30-17(29)13-14(19(20,21)22)24-18(31-13)23-12(26)8-5-9-25-15(27)10-6-3-4-7-11(10)16(25)28/h3-4,6-7H,2,5,8-9H2,1H3,(H,23,24,26). The lowest BCUT2D eigenvalue weighted by atomic mass is 10.1. The number of imide groups is 1. The van der Waals surface area contributed by atoms with Crippen LogP contribution in [-0.4, -0.2) is 46.7 Å². The first-order chi connectivity index (χ1) is 14.6. The molecule has 2 aromatic rings. The van der Waals surface area contributed by atoms with E-state index in [0.29, 0.717) is 11.3 Å². The van der Waals surface area contributed by atoms with Gasteiger partial charge in [-0.3, -0.25) is 19.3 Å². The normalized spacial score (nSPS) is 13.4. The van der Waals surface area contributed by atoms with E-state index in [1.807, 2.05) is 0 Å². The second kappa shape index (κ2) is 8.84. The van der Waals surface area contributed by atoms with E-state index in [2.05, 4.69) is 15.0 Å². The molecule has 1 aromatic carbocycles. The topological polar surface area (TPSA) is 106 Å². The van der Waals surface area contributed by atoms with E-state index in [0.717, 1.165) is 4.90 Å². The molecule has 2 heterocycles. The number of rotatable bonds is 7. The Hall–Kier alpha value is -3.28. The number of ether oxygens (including phenoxy) is 1. The van der Waals surface area contributed by atoms with Crippen molar-refractivity contribution < 1.29 is 37.1 Å². The summed E-state index contributed by atoms with van der Waals surface area (Å²) in [6.07, 6.45) is -4.98. The molecule has 0 fully saturated rings. The van der Waals surface area contributed by atoms with Gasteiger partial charge in [0, 0.05) is 13.0 Å². The van der Waals surface area contributed by atoms with E-state index < -0.39 is 45.6 Å². The SMILES string of the molecule is CCOC(=O)c1sc(NC(=O)CCCN2C(=O)c3ccccc3C2=O)nc1C(F)(F)F. The molecule has 0 unspecified atom stereocenters. The molecule has 8 nitrogen and oxygen atoms in total. The highest BCUT2D eigenvalue weighted by Crippen LogP contribution is 2.36. The number of aromatic nitrogens is 1. The van der Waals surface area contributed by atoms with Crippen molar-refractivity contribution in [2.45, 2.75) is 25.9 Å². The second-order valence-electron chi connectivity index (χ2n) is 6.37. The zero-order chi connectivity index (χ0) is 22.8. The van der Waals surface area contributed by atoms with Gasteiger partial charge in [0.25, 0.3) is 11.8 Å². The van der Waals surface area contributed by atoms with E-state index in [9.17, 15) is 32.3 Å². The van der Waals surface area contributed by atoms with Crippen molar-refractivity contribution in [1.29, 1.82) is 0 Å². The van der Waals surface area contributed by atoms with Crippen LogP contribution in [-0.2, 0) is 15.7 Å². The van der Waals surface area contributed by atoms with Crippen LogP contribution in [0, 0.1) is 0 Å². The molecule has 0 atom stereocenters. The molecule has 3 rings (SSSR count). The molecule has 31 heavy (non-hydrogen) atoms. The lowest BCUT2D eigenvalue weighted by Gasteiger charge is -2.13. The second-order valence-corrected chi connectivity index (χ2v) is 7.37. The maximum Gasteiger partial charge on any atom is 0.435 e. The van der Waals surface area contributed by atoms with Crippen molar-refractivity contribution in [3.8, 4) is 0 Å². The molecule has 12 heteroatoms. The number of carbonyl (C=O) groups is 4. The Morgan fingerprint density at radius 3 is 2.32 bits per heavy atom. The van der Waals surface area contributed by atoms with E-state index in [1.54, 1.807) is 12.1 Å². The quantitative estimate of drug-likeness (QED) is 0.507. The summed E-state index contributed by atoms with van der Waals surface area (Å²) >= 11 is 0.358. The highest BCUT2D eigenvalue weighted by molar-refractivity contribution is 7.17. The summed E-state index contributed by atoms with van der Waals surface area (Å²) < 4.78 is 43.9. The van der Waals surface area contributed by atoms with Gasteiger partial charge in [0.1, 0.15) is 4.88 Å². The summed E-state index contributed by atoms with van der Waals surface area (Å²) in [4.78, 5) is 52.0. The molecule has 0 spiro atoms. The van der Waals surface area contributed by atoms with E-state index in [4.69, 9.17) is 0 Å². The number of nitrogens with one attached hydrogen (secondary N) is 1. The van der Waals surface area contributed by atoms with Crippen LogP contribution in [0.15, 0.2) is 24.3 Å². The Labute approximate surface area is 178 Å². The molecular weight excluding hydrogens is 439 g/mol. The Morgan fingerprint density at radius 1 is 1.16 bits per heavy atom. The number of esters is 1. The van der Waals surface area contributed by atoms with Crippen molar-refractivity contribution in [2.75, 3.05) is 18.5 Å². The average Bonchev–Trinajstić information content (AvgIpc) is 3.24. The highest BCUT2D eigenvalue weighted by Gasteiger charge is 2.40. The van der Waals surface area contributed by atoms with Gasteiger partial charge in [0.05, 0.1) is 17.7 Å². The van der Waals surface area contributed by atoms with Gasteiger partial charge in [-0.1, -0.05) is 23.5 Å². The Kier molecular flexibility index (Phi) is 6.39. The van der Waals surface area contributed by atoms with Crippen molar-refractivity contribution in [1.82, 2.24) is 9.88 Å². The Morgan fingerprint density at radius 2 is 1.77 bits per heavy atom. The average molecular weight is 455 g/mol. The lowest BCUT2D eigenvalue weighted by Crippen LogP contribution is -2.31. The zero-order valence-corrected chi connectivity index (χ0v) is 16.9. The number of thiazole rings is 1. The molecule has 1 aliphatic rings. The summed E-state index contributed by atoms with van der Waals surface area (Å²) in [5.41, 5.74) is -0.867. The van der Waals surface area contributed by atoms with Crippen molar-refractivity contribution >= 4 is 40.2 Å². The molecule has 1 aromatic heterocycles. The third-order valence-electron chi connectivity index (χ3n) is 4.27. The largest absolute Gasteiger partial charge is 0.462 e. The lowest BCUT2D eigenvalue weighted by molar-refractivity contribution is -0.141. The van der Waals surface area contributed by atoms with Crippen LogP contribution in [0.25, 0.3) is 0 Å². The van der Waals surface area contributed by atoms with Crippen molar-refractivity contribution in [2.24, 2.45) is 0 Å². The summed E-state index contributed by atoms with van der Waals surface area (Å²) in [6.45, 7) is 1.30. The molecule has 0 bridgehead atoms. The van der Waals surface area contributed by atoms with Gasteiger partial charge in [-0.2, -0.15) is 13.2 Å². The van der Waals surface area contributed by atoms with E-state index >= 15 is 0 Å². The Bertz CT molecular complexity index is 1020. The molecule has 1 N–H and O–H groups in total. The van der Waals surface area contributed by atoms with Crippen LogP contribution in [0.5, 0.6) is 0 Å². The first-order valence-electron chi connectivity index (χ1n) is 9.13. The highest BCUT2D eigenvalue weighted by atomic mass is 32.1. The van der Waals surface area contributed by atoms with Gasteiger partial charge in [0.15, 0.2) is 10.8 Å². The zero-order valence-electron chi connectivity index (χ0n) is 16.1. The molecule has 0 saturated heterocycles. The molecule has 1 aliphatic heterocycles. The van der Waals surface area contributed by atoms with Gasteiger partial charge >= 0.3 is 12.1 Å². The van der Waals surface area contributed by atoms with Crippen LogP contribution in [0.3, 0.4) is 0 Å². The summed E-state index contributed by atoms with van der Waals surface area (Å²) in [5, 5.41) is 1.81. The van der Waals surface area contributed by atoms with Gasteiger partial charge < -0.3 is 10.1 Å². The minimum atomic E-state index is -4.90. The first-order valence-corrected chi connectivity index (χ1v) is 9.95. The van der Waals surface area contributed by atoms with E-state index in [-0.39, 0.29) is 37.1 Å². The fraction of sp³-hybridized carbons (Fsp3) is 0.316. The number of halogens is 3. The number of amides is 3. The molecule has 164 valence electrons. The number of fused-ring (bicyclic) bond motifs is 1. The predicted octanol–water partition coefficient (Wildman–Crippen LogP) is 3.35. The molecule has 0 saturated carbocycles. The minimum Gasteiger partial charge on any atom is -0.462 e. The van der Waals surface area contributed by atoms with Gasteiger partial charge in [0.2, 0.25) is 5.91 Å². The fourth-order valence-corrected chi connectivity index (χ4v) is 3.82. The monoisotopic (exact) mass is 455 g/mol. The third-order valence-corrected chi connectivity index (χ3v) is 5.22. The number of carbonyl (C=O) groups excluding carboxylic acids is 4. The molecular formula is C19H16F3N3O5S. The Balaban J connectivity index is 1.60. The number of hydrogen-bond acceptors (Lipinski definition) is 7. The molecule has 0 radical (unpaired) electrons. The van der Waals surface area contributed by atoms with Crippen molar-refractivity contribution in [3.05, 3.63) is 46.0 Å². The summed E-state index contributed by atoms with van der Waals surface area (Å²) in [7, 11) is 0. The van der Waals surface area contributed by atoms with Crippen LogP contribution < -0.4 is 5.32 Å². The number of hydrogen-bond donors (Lipinski definition) is 1. The van der Waals surface area contributed by atoms with Crippen molar-refractivity contribution in [3.63, 3.8) is 0 Å². The fourth-order valence-electron chi connectivity index (χ4n) is 2.92. The summed E-state index contributed by atoms with van der Waals surface area (Å²) in [6, 6.07) is 6.33. The van der Waals surface area contributed by atoms with Crippen LogP contribution in [0.4, 0.5) is 18.3 Å². The molecule has 3 amide bonds. The number of benzene rings is 1. The smallest absolute Gasteiger partial charge is 0.435 e. The summed E-state index contributed by atoms with van der Waals surface area (Å²) in [5.74, 6) is -2.78. The van der Waals surface area contributed by atoms with E-state index in [1.165, 1.54) is 19.1 Å². The number of nitrogens with zero attached hydrogens (tertiary/aromatic N) is 2. The predicted molar refractivity (Wildman–Crippen MR) is 103 cm³/mol. The van der Waals surface area contributed by atoms with Crippen LogP contribution in [0.2, 0.25) is 0 Å². The van der Waals surface area contributed by atoms with Gasteiger partial charge in [-0.05, 0) is 25.5 Å². The third kappa shape index (κ3) is 4.74. The number of alkyl halides is 3. The van der Waals surface area contributed by atoms with Crippen LogP contribution in [0.1, 0.15) is 55.8 Å². The minimum absolute atomic E-state index is 0.0283.